The lowest BCUT2D eigenvalue weighted by Crippen LogP contribution is -2.21. The number of nitrogens with zero attached hydrogens (tertiary/aromatic N) is 1. The van der Waals surface area contributed by atoms with Crippen molar-refractivity contribution in [2.75, 3.05) is 32.2 Å². The minimum atomic E-state index is -0.337. The third-order valence-corrected chi connectivity index (χ3v) is 4.55. The number of methoxy groups -OCH3 is 1. The zero-order valence-electron chi connectivity index (χ0n) is 14.7. The zero-order valence-corrected chi connectivity index (χ0v) is 14.7. The van der Waals surface area contributed by atoms with Crippen LogP contribution in [0.5, 0.6) is 11.5 Å². The lowest BCUT2D eigenvalue weighted by Gasteiger charge is -2.25. The molecule has 2 aromatic carbocycles. The number of anilines is 1. The van der Waals surface area contributed by atoms with Crippen molar-refractivity contribution in [1.29, 1.82) is 0 Å². The van der Waals surface area contributed by atoms with Gasteiger partial charge in [-0.05, 0) is 54.1 Å². The summed E-state index contributed by atoms with van der Waals surface area (Å²) in [5.41, 5.74) is 3.54. The number of hydrogen-bond acceptors (Lipinski definition) is 5. The minimum Gasteiger partial charge on any atom is -0.497 e. The van der Waals surface area contributed by atoms with E-state index in [0.29, 0.717) is 12.2 Å². The summed E-state index contributed by atoms with van der Waals surface area (Å²) in [6.07, 6.45) is 2.10. The third-order valence-electron chi connectivity index (χ3n) is 4.55. The Kier molecular flexibility index (Phi) is 4.13. The Bertz CT molecular complexity index is 1050. The molecule has 1 aliphatic rings. The first-order valence-corrected chi connectivity index (χ1v) is 8.39. The third kappa shape index (κ3) is 3.04. The second-order valence-electron chi connectivity index (χ2n) is 6.24. The number of hydrogen-bond donors (Lipinski definition) is 0. The van der Waals surface area contributed by atoms with Gasteiger partial charge < -0.3 is 18.8 Å². The van der Waals surface area contributed by atoms with Gasteiger partial charge in [0.05, 0.1) is 7.11 Å². The highest BCUT2D eigenvalue weighted by Crippen LogP contribution is 2.34. The molecule has 3 aromatic rings. The summed E-state index contributed by atoms with van der Waals surface area (Å²) in [5.74, 6) is 1.68. The van der Waals surface area contributed by atoms with Crippen LogP contribution in [0.2, 0.25) is 0 Å². The SMILES string of the molecule is COc1ccc2c(c1)C(CN(C)c1ccc3oc(=O)ccc3c1)=CCO2. The number of benzene rings is 2. The Morgan fingerprint density at radius 1 is 1.12 bits per heavy atom. The molecule has 0 unspecified atom stereocenters. The van der Waals surface area contributed by atoms with E-state index in [9.17, 15) is 4.79 Å². The molecule has 1 aromatic heterocycles. The first-order chi connectivity index (χ1) is 12.6. The van der Waals surface area contributed by atoms with Gasteiger partial charge in [0.15, 0.2) is 0 Å². The summed E-state index contributed by atoms with van der Waals surface area (Å²) in [6, 6.07) is 14.9. The van der Waals surface area contributed by atoms with E-state index in [-0.39, 0.29) is 5.63 Å². The van der Waals surface area contributed by atoms with Crippen LogP contribution in [-0.2, 0) is 0 Å². The molecule has 0 fully saturated rings. The highest BCUT2D eigenvalue weighted by atomic mass is 16.5. The average Bonchev–Trinajstić information content (AvgIpc) is 2.67. The number of ether oxygens (including phenoxy) is 2. The standard InChI is InChI=1S/C21H19NO4/c1-22(16-4-6-19-14(11-16)3-8-21(23)26-19)13-15-9-10-25-20-7-5-17(24-2)12-18(15)20/h3-9,11-12H,10,13H2,1-2H3. The van der Waals surface area contributed by atoms with E-state index in [2.05, 4.69) is 11.0 Å². The Morgan fingerprint density at radius 3 is 2.85 bits per heavy atom. The molecule has 132 valence electrons. The van der Waals surface area contributed by atoms with Crippen molar-refractivity contribution >= 4 is 22.2 Å². The van der Waals surface area contributed by atoms with E-state index in [1.165, 1.54) is 11.6 Å². The van der Waals surface area contributed by atoms with Crippen LogP contribution in [0.3, 0.4) is 0 Å². The van der Waals surface area contributed by atoms with Crippen molar-refractivity contribution in [3.8, 4) is 11.5 Å². The molecule has 0 N–H and O–H groups in total. The van der Waals surface area contributed by atoms with Crippen molar-refractivity contribution in [3.05, 3.63) is 70.6 Å². The molecule has 0 radical (unpaired) electrons. The van der Waals surface area contributed by atoms with Gasteiger partial charge in [-0.2, -0.15) is 0 Å². The molecule has 0 saturated heterocycles. The molecule has 5 heteroatoms. The molecule has 0 spiro atoms. The fraction of sp³-hybridized carbons (Fsp3) is 0.190. The van der Waals surface area contributed by atoms with Crippen LogP contribution < -0.4 is 20.0 Å². The van der Waals surface area contributed by atoms with E-state index in [1.54, 1.807) is 13.2 Å². The first kappa shape index (κ1) is 16.3. The largest absolute Gasteiger partial charge is 0.497 e. The van der Waals surface area contributed by atoms with Gasteiger partial charge in [0, 0.05) is 36.3 Å². The predicted octanol–water partition coefficient (Wildman–Crippen LogP) is 3.71. The fourth-order valence-corrected chi connectivity index (χ4v) is 3.15. The van der Waals surface area contributed by atoms with Gasteiger partial charge in [0.2, 0.25) is 0 Å². The summed E-state index contributed by atoms with van der Waals surface area (Å²) in [4.78, 5) is 13.5. The van der Waals surface area contributed by atoms with Crippen molar-refractivity contribution in [1.82, 2.24) is 0 Å². The van der Waals surface area contributed by atoms with E-state index in [4.69, 9.17) is 13.9 Å². The fourth-order valence-electron chi connectivity index (χ4n) is 3.15. The molecule has 0 atom stereocenters. The molecule has 0 bridgehead atoms. The molecule has 5 nitrogen and oxygen atoms in total. The monoisotopic (exact) mass is 349 g/mol. The van der Waals surface area contributed by atoms with Crippen molar-refractivity contribution in [2.24, 2.45) is 0 Å². The normalized spacial score (nSPS) is 12.9. The van der Waals surface area contributed by atoms with Crippen molar-refractivity contribution in [3.63, 3.8) is 0 Å². The van der Waals surface area contributed by atoms with Crippen LogP contribution in [0.25, 0.3) is 16.5 Å². The second kappa shape index (κ2) is 6.59. The molecule has 4 rings (SSSR count). The van der Waals surface area contributed by atoms with Gasteiger partial charge in [-0.1, -0.05) is 0 Å². The minimum absolute atomic E-state index is 0.337. The highest BCUT2D eigenvalue weighted by molar-refractivity contribution is 5.82. The number of fused-ring (bicyclic) bond motifs is 2. The van der Waals surface area contributed by atoms with Gasteiger partial charge in [0.25, 0.3) is 0 Å². The summed E-state index contributed by atoms with van der Waals surface area (Å²) < 4.78 is 16.3. The van der Waals surface area contributed by atoms with E-state index in [1.807, 2.05) is 43.4 Å². The van der Waals surface area contributed by atoms with Crippen LogP contribution in [0.15, 0.2) is 63.8 Å². The van der Waals surface area contributed by atoms with Crippen LogP contribution in [0.4, 0.5) is 5.69 Å². The quantitative estimate of drug-likeness (QED) is 0.672. The molecular formula is C21H19NO4. The average molecular weight is 349 g/mol. The zero-order chi connectivity index (χ0) is 18.1. The molecule has 0 amide bonds. The summed E-state index contributed by atoms with van der Waals surface area (Å²) in [6.45, 7) is 1.29. The maximum atomic E-state index is 11.3. The molecule has 0 aliphatic carbocycles. The summed E-state index contributed by atoms with van der Waals surface area (Å²) >= 11 is 0. The number of likely N-dealkylation sites (N-methyl/N-ethyl adjacent to an activating group) is 1. The highest BCUT2D eigenvalue weighted by Gasteiger charge is 2.17. The maximum absolute atomic E-state index is 11.3. The molecule has 2 heterocycles. The Hall–Kier alpha value is -3.21. The molecular weight excluding hydrogens is 330 g/mol. The predicted molar refractivity (Wildman–Crippen MR) is 102 cm³/mol. The summed E-state index contributed by atoms with van der Waals surface area (Å²) in [5, 5.41) is 0.900. The van der Waals surface area contributed by atoms with E-state index >= 15 is 0 Å². The van der Waals surface area contributed by atoms with Crippen molar-refractivity contribution < 1.29 is 13.9 Å². The van der Waals surface area contributed by atoms with Gasteiger partial charge >= 0.3 is 5.63 Å². The Balaban J connectivity index is 1.62. The molecule has 1 aliphatic heterocycles. The molecule has 0 saturated carbocycles. The van der Waals surface area contributed by atoms with Gasteiger partial charge in [0.1, 0.15) is 23.7 Å². The van der Waals surface area contributed by atoms with Crippen LogP contribution in [0.1, 0.15) is 5.56 Å². The Morgan fingerprint density at radius 2 is 2.00 bits per heavy atom. The lowest BCUT2D eigenvalue weighted by atomic mass is 10.0. The second-order valence-corrected chi connectivity index (χ2v) is 6.24. The van der Waals surface area contributed by atoms with Gasteiger partial charge in [-0.3, -0.25) is 0 Å². The summed E-state index contributed by atoms with van der Waals surface area (Å²) in [7, 11) is 3.70. The smallest absolute Gasteiger partial charge is 0.336 e. The van der Waals surface area contributed by atoms with Gasteiger partial charge in [-0.25, -0.2) is 4.79 Å². The van der Waals surface area contributed by atoms with E-state index in [0.717, 1.165) is 34.7 Å². The van der Waals surface area contributed by atoms with Gasteiger partial charge in [-0.15, -0.1) is 0 Å². The van der Waals surface area contributed by atoms with Crippen LogP contribution in [-0.4, -0.2) is 27.3 Å². The molecule has 26 heavy (non-hydrogen) atoms. The van der Waals surface area contributed by atoms with Crippen molar-refractivity contribution in [2.45, 2.75) is 0 Å². The van der Waals surface area contributed by atoms with Crippen LogP contribution in [0, 0.1) is 0 Å². The van der Waals surface area contributed by atoms with Crippen LogP contribution >= 0.6 is 0 Å². The Labute approximate surface area is 151 Å². The first-order valence-electron chi connectivity index (χ1n) is 8.39. The lowest BCUT2D eigenvalue weighted by molar-refractivity contribution is 0.355. The van der Waals surface area contributed by atoms with E-state index < -0.39 is 0 Å². The number of rotatable bonds is 4. The topological polar surface area (TPSA) is 51.9 Å². The maximum Gasteiger partial charge on any atom is 0.336 e.